The maximum atomic E-state index is 10.2. The van der Waals surface area contributed by atoms with E-state index < -0.39 is 0 Å². The first-order valence-electron chi connectivity index (χ1n) is 10.9. The van der Waals surface area contributed by atoms with Crippen LogP contribution in [-0.4, -0.2) is 46.1 Å². The van der Waals surface area contributed by atoms with Crippen LogP contribution in [0.25, 0.3) is 5.69 Å². The van der Waals surface area contributed by atoms with Crippen LogP contribution in [0, 0.1) is 6.92 Å². The first-order valence-corrected chi connectivity index (χ1v) is 10.9. The van der Waals surface area contributed by atoms with Gasteiger partial charge in [-0.25, -0.2) is 4.68 Å². The van der Waals surface area contributed by atoms with Gasteiger partial charge in [0, 0.05) is 13.1 Å². The number of methoxy groups -OCH3 is 1. The summed E-state index contributed by atoms with van der Waals surface area (Å²) in [5.74, 6) is 1.97. The molecule has 1 heterocycles. The van der Waals surface area contributed by atoms with E-state index in [1.807, 2.05) is 73.1 Å². The molecule has 0 fully saturated rings. The molecule has 6 heteroatoms. The fourth-order valence-corrected chi connectivity index (χ4v) is 3.58. The number of aromatic nitrogens is 2. The molecule has 6 nitrogen and oxygen atoms in total. The highest BCUT2D eigenvalue weighted by Gasteiger charge is 2.23. The summed E-state index contributed by atoms with van der Waals surface area (Å²) in [6.07, 6.45) is 1.38. The Morgan fingerprint density at radius 1 is 1.03 bits per heavy atom. The van der Waals surface area contributed by atoms with Crippen LogP contribution >= 0.6 is 0 Å². The van der Waals surface area contributed by atoms with Crippen molar-refractivity contribution in [3.05, 3.63) is 65.9 Å². The number of rotatable bonds is 11. The maximum absolute atomic E-state index is 10.2. The predicted molar refractivity (Wildman–Crippen MR) is 123 cm³/mol. The summed E-state index contributed by atoms with van der Waals surface area (Å²) in [5, 5.41) is 15.1. The van der Waals surface area contributed by atoms with Crippen molar-refractivity contribution in [2.75, 3.05) is 20.2 Å². The van der Waals surface area contributed by atoms with Crippen molar-refractivity contribution in [1.29, 1.82) is 0 Å². The lowest BCUT2D eigenvalue weighted by Gasteiger charge is -2.24. The van der Waals surface area contributed by atoms with Crippen molar-refractivity contribution < 1.29 is 14.6 Å². The zero-order valence-corrected chi connectivity index (χ0v) is 18.9. The number of aliphatic hydroxyl groups is 1. The van der Waals surface area contributed by atoms with Crippen molar-refractivity contribution in [1.82, 2.24) is 14.7 Å². The molecule has 0 saturated heterocycles. The first-order chi connectivity index (χ1) is 15.1. The molecule has 3 aromatic rings. The highest BCUT2D eigenvalue weighted by Crippen LogP contribution is 2.36. The number of aryl methyl sites for hydroxylation is 1. The second-order valence-corrected chi connectivity index (χ2v) is 7.67. The predicted octanol–water partition coefficient (Wildman–Crippen LogP) is 4.96. The summed E-state index contributed by atoms with van der Waals surface area (Å²) in [6.45, 7) is 8.31. The van der Waals surface area contributed by atoms with Crippen LogP contribution in [0.2, 0.25) is 0 Å². The molecule has 1 N–H and O–H groups in total. The van der Waals surface area contributed by atoms with Crippen molar-refractivity contribution in [2.45, 2.75) is 46.3 Å². The topological polar surface area (TPSA) is 59.8 Å². The number of aliphatic hydroxyl groups excluding tert-OH is 1. The quantitative estimate of drug-likeness (QED) is 0.472. The molecule has 2 aromatic carbocycles. The maximum Gasteiger partial charge on any atom is 0.227 e. The van der Waals surface area contributed by atoms with Gasteiger partial charge < -0.3 is 14.6 Å². The molecule has 31 heavy (non-hydrogen) atoms. The smallest absolute Gasteiger partial charge is 0.227 e. The van der Waals surface area contributed by atoms with Gasteiger partial charge in [0.05, 0.1) is 30.2 Å². The van der Waals surface area contributed by atoms with E-state index in [1.54, 1.807) is 7.11 Å². The van der Waals surface area contributed by atoms with Gasteiger partial charge in [-0.15, -0.1) is 0 Å². The van der Waals surface area contributed by atoms with E-state index in [-0.39, 0.29) is 6.10 Å². The summed E-state index contributed by atoms with van der Waals surface area (Å²) in [4.78, 5) is 2.27. The van der Waals surface area contributed by atoms with Gasteiger partial charge in [-0.1, -0.05) is 44.2 Å². The molecule has 0 spiro atoms. The van der Waals surface area contributed by atoms with E-state index in [1.165, 1.54) is 0 Å². The second-order valence-electron chi connectivity index (χ2n) is 7.67. The minimum atomic E-state index is -0.352. The van der Waals surface area contributed by atoms with Crippen LogP contribution in [0.1, 0.15) is 37.9 Å². The third-order valence-corrected chi connectivity index (χ3v) is 5.28. The highest BCUT2D eigenvalue weighted by atomic mass is 16.5. The van der Waals surface area contributed by atoms with E-state index in [9.17, 15) is 5.11 Å². The summed E-state index contributed by atoms with van der Waals surface area (Å²) < 4.78 is 13.8. The van der Waals surface area contributed by atoms with Crippen LogP contribution in [-0.2, 0) is 6.54 Å². The Labute approximate surface area is 185 Å². The monoisotopic (exact) mass is 423 g/mol. The lowest BCUT2D eigenvalue weighted by molar-refractivity contribution is 0.105. The zero-order valence-electron chi connectivity index (χ0n) is 18.9. The molecule has 0 aliphatic rings. The molecule has 1 atom stereocenters. The van der Waals surface area contributed by atoms with Gasteiger partial charge in [-0.3, -0.25) is 4.90 Å². The van der Waals surface area contributed by atoms with Gasteiger partial charge in [0.15, 0.2) is 11.5 Å². The van der Waals surface area contributed by atoms with Crippen LogP contribution < -0.4 is 9.47 Å². The first kappa shape index (κ1) is 22.8. The number of ether oxygens (including phenoxy) is 2. The van der Waals surface area contributed by atoms with E-state index in [2.05, 4.69) is 11.8 Å². The lowest BCUT2D eigenvalue weighted by Crippen LogP contribution is -2.32. The number of nitrogens with zero attached hydrogens (tertiary/aromatic N) is 3. The summed E-state index contributed by atoms with van der Waals surface area (Å²) in [5.41, 5.74) is 2.84. The van der Waals surface area contributed by atoms with Crippen molar-refractivity contribution in [3.63, 3.8) is 0 Å². The molecule has 0 amide bonds. The van der Waals surface area contributed by atoms with Crippen molar-refractivity contribution >= 4 is 0 Å². The molecule has 1 aromatic heterocycles. The zero-order chi connectivity index (χ0) is 22.2. The standard InChI is InChI=1S/C25H33N3O3/c1-5-16-27(17-21(29)6-2)18-22-19(3)26-28(20-12-8-7-9-13-20)25(22)31-24-15-11-10-14-23(24)30-4/h7-15,21,29H,5-6,16-18H2,1-4H3/t21-/m1/s1. The van der Waals surface area contributed by atoms with Crippen LogP contribution in [0.3, 0.4) is 0 Å². The van der Waals surface area contributed by atoms with Crippen molar-refractivity contribution in [2.24, 2.45) is 0 Å². The Balaban J connectivity index is 2.04. The van der Waals surface area contributed by atoms with Gasteiger partial charge >= 0.3 is 0 Å². The van der Waals surface area contributed by atoms with Crippen LogP contribution in [0.15, 0.2) is 54.6 Å². The Morgan fingerprint density at radius 3 is 2.35 bits per heavy atom. The average Bonchev–Trinajstić information content (AvgIpc) is 3.09. The normalized spacial score (nSPS) is 12.2. The third-order valence-electron chi connectivity index (χ3n) is 5.28. The van der Waals surface area contributed by atoms with Crippen molar-refractivity contribution in [3.8, 4) is 23.1 Å². The van der Waals surface area contributed by atoms with Gasteiger partial charge in [-0.2, -0.15) is 5.10 Å². The van der Waals surface area contributed by atoms with E-state index >= 15 is 0 Å². The number of para-hydroxylation sites is 3. The Morgan fingerprint density at radius 2 is 1.71 bits per heavy atom. The largest absolute Gasteiger partial charge is 0.493 e. The molecule has 0 unspecified atom stereocenters. The van der Waals surface area contributed by atoms with E-state index in [0.29, 0.717) is 30.5 Å². The van der Waals surface area contributed by atoms with Gasteiger partial charge in [0.25, 0.3) is 0 Å². The minimum absolute atomic E-state index is 0.352. The number of benzene rings is 2. The molecular formula is C25H33N3O3. The molecule has 0 saturated carbocycles. The highest BCUT2D eigenvalue weighted by molar-refractivity contribution is 5.47. The Bertz CT molecular complexity index is 956. The summed E-state index contributed by atoms with van der Waals surface area (Å²) in [6, 6.07) is 17.6. The van der Waals surface area contributed by atoms with Gasteiger partial charge in [0.2, 0.25) is 5.88 Å². The second kappa shape index (κ2) is 11.0. The lowest BCUT2D eigenvalue weighted by atomic mass is 10.2. The fourth-order valence-electron chi connectivity index (χ4n) is 3.58. The molecule has 0 aliphatic carbocycles. The number of hydrogen-bond donors (Lipinski definition) is 1. The molecule has 0 bridgehead atoms. The van der Waals surface area contributed by atoms with Gasteiger partial charge in [-0.05, 0) is 50.6 Å². The van der Waals surface area contributed by atoms with Crippen LogP contribution in [0.5, 0.6) is 17.4 Å². The SMILES string of the molecule is CCCN(Cc1c(C)nn(-c2ccccc2)c1Oc1ccccc1OC)C[C@H](O)CC. The minimum Gasteiger partial charge on any atom is -0.493 e. The summed E-state index contributed by atoms with van der Waals surface area (Å²) in [7, 11) is 1.64. The Hall–Kier alpha value is -2.83. The van der Waals surface area contributed by atoms with E-state index in [4.69, 9.17) is 14.6 Å². The van der Waals surface area contributed by atoms with E-state index in [0.717, 1.165) is 36.3 Å². The molecule has 0 aliphatic heterocycles. The molecule has 0 radical (unpaired) electrons. The average molecular weight is 424 g/mol. The van der Waals surface area contributed by atoms with Crippen LogP contribution in [0.4, 0.5) is 0 Å². The fraction of sp³-hybridized carbons (Fsp3) is 0.400. The molecule has 3 rings (SSSR count). The third kappa shape index (κ3) is 5.66. The number of hydrogen-bond acceptors (Lipinski definition) is 5. The molecular weight excluding hydrogens is 390 g/mol. The Kier molecular flexibility index (Phi) is 8.09. The summed E-state index contributed by atoms with van der Waals surface area (Å²) >= 11 is 0. The van der Waals surface area contributed by atoms with Gasteiger partial charge in [0.1, 0.15) is 0 Å². The molecule has 166 valence electrons.